The number of ether oxygens (including phenoxy) is 2. The molecule has 1 aromatic carbocycles. The zero-order valence-corrected chi connectivity index (χ0v) is 17.6. The standard InChI is InChI=1S/C19H27BrO3Si/c1-5-6-12-22-19(21)17-18(24(2,3)4)15(20)13-16(23-17)14-10-8-7-9-11-14/h7-11,16-17H,5-6,12-13H2,1-4H3/t16-,17-/m1/s1. The lowest BCUT2D eigenvalue weighted by atomic mass is 10.0. The van der Waals surface area contributed by atoms with Crippen molar-refractivity contribution in [2.75, 3.05) is 6.61 Å². The van der Waals surface area contributed by atoms with E-state index in [2.05, 4.69) is 42.5 Å². The Morgan fingerprint density at radius 1 is 1.29 bits per heavy atom. The van der Waals surface area contributed by atoms with Crippen LogP contribution in [-0.2, 0) is 14.3 Å². The molecule has 3 nitrogen and oxygen atoms in total. The van der Waals surface area contributed by atoms with Crippen molar-refractivity contribution < 1.29 is 14.3 Å². The average Bonchev–Trinajstić information content (AvgIpc) is 2.53. The van der Waals surface area contributed by atoms with Crippen LogP contribution in [0.25, 0.3) is 0 Å². The van der Waals surface area contributed by atoms with Crippen LogP contribution in [0.5, 0.6) is 0 Å². The molecule has 24 heavy (non-hydrogen) atoms. The van der Waals surface area contributed by atoms with Gasteiger partial charge in [-0.3, -0.25) is 0 Å². The predicted octanol–water partition coefficient (Wildman–Crippen LogP) is 5.39. The lowest BCUT2D eigenvalue weighted by molar-refractivity contribution is -0.158. The van der Waals surface area contributed by atoms with Crippen LogP contribution in [0.2, 0.25) is 19.6 Å². The lowest BCUT2D eigenvalue weighted by Gasteiger charge is -2.36. The van der Waals surface area contributed by atoms with E-state index in [1.807, 2.05) is 30.3 Å². The van der Waals surface area contributed by atoms with Gasteiger partial charge in [0.05, 0.1) is 20.8 Å². The second-order valence-corrected chi connectivity index (χ2v) is 13.2. The summed E-state index contributed by atoms with van der Waals surface area (Å²) in [5.41, 5.74) is 1.09. The fourth-order valence-corrected chi connectivity index (χ4v) is 7.10. The highest BCUT2D eigenvalue weighted by Gasteiger charge is 2.41. The monoisotopic (exact) mass is 410 g/mol. The number of benzene rings is 1. The molecule has 1 aliphatic heterocycles. The maximum atomic E-state index is 12.7. The van der Waals surface area contributed by atoms with Crippen LogP contribution in [0.15, 0.2) is 40.0 Å². The molecule has 0 saturated heterocycles. The minimum absolute atomic E-state index is 0.121. The maximum absolute atomic E-state index is 12.7. The number of rotatable bonds is 6. The summed E-state index contributed by atoms with van der Waals surface area (Å²) in [6.07, 6.45) is 1.94. The summed E-state index contributed by atoms with van der Waals surface area (Å²) in [4.78, 5) is 12.7. The number of hydrogen-bond acceptors (Lipinski definition) is 3. The van der Waals surface area contributed by atoms with Crippen molar-refractivity contribution in [3.63, 3.8) is 0 Å². The van der Waals surface area contributed by atoms with Crippen LogP contribution in [0.1, 0.15) is 37.9 Å². The van der Waals surface area contributed by atoms with Crippen LogP contribution in [0, 0.1) is 0 Å². The first-order valence-corrected chi connectivity index (χ1v) is 12.9. The van der Waals surface area contributed by atoms with Crippen molar-refractivity contribution in [3.8, 4) is 0 Å². The van der Waals surface area contributed by atoms with Gasteiger partial charge in [-0.2, -0.15) is 0 Å². The van der Waals surface area contributed by atoms with Crippen molar-refractivity contribution in [1.29, 1.82) is 0 Å². The Labute approximate surface area is 154 Å². The van der Waals surface area contributed by atoms with E-state index in [0.717, 1.165) is 34.5 Å². The van der Waals surface area contributed by atoms with Gasteiger partial charge in [-0.25, -0.2) is 4.79 Å². The normalized spacial score (nSPS) is 21.7. The van der Waals surface area contributed by atoms with E-state index in [4.69, 9.17) is 9.47 Å². The Morgan fingerprint density at radius 2 is 1.96 bits per heavy atom. The molecule has 0 N–H and O–H groups in total. The highest BCUT2D eigenvalue weighted by molar-refractivity contribution is 9.11. The van der Waals surface area contributed by atoms with Gasteiger partial charge in [-0.15, -0.1) is 0 Å². The van der Waals surface area contributed by atoms with E-state index >= 15 is 0 Å². The largest absolute Gasteiger partial charge is 0.464 e. The number of carbonyl (C=O) groups excluding carboxylic acids is 1. The molecule has 1 aliphatic rings. The van der Waals surface area contributed by atoms with E-state index < -0.39 is 14.2 Å². The smallest absolute Gasteiger partial charge is 0.339 e. The predicted molar refractivity (Wildman–Crippen MR) is 104 cm³/mol. The highest BCUT2D eigenvalue weighted by atomic mass is 79.9. The van der Waals surface area contributed by atoms with Gasteiger partial charge in [0.15, 0.2) is 6.10 Å². The van der Waals surface area contributed by atoms with Crippen LogP contribution >= 0.6 is 15.9 Å². The molecule has 0 saturated carbocycles. The van der Waals surface area contributed by atoms with Gasteiger partial charge in [-0.05, 0) is 21.7 Å². The zero-order chi connectivity index (χ0) is 17.7. The third-order valence-electron chi connectivity index (χ3n) is 4.16. The molecule has 2 rings (SSSR count). The third-order valence-corrected chi connectivity index (χ3v) is 7.45. The minimum Gasteiger partial charge on any atom is -0.464 e. The minimum atomic E-state index is -1.72. The SMILES string of the molecule is CCCCOC(=O)[C@@H]1O[C@@H](c2ccccc2)CC(Br)=C1[Si](C)(C)C. The van der Waals surface area contributed by atoms with Crippen molar-refractivity contribution in [2.24, 2.45) is 0 Å². The molecule has 0 amide bonds. The first-order chi connectivity index (χ1) is 11.3. The fraction of sp³-hybridized carbons (Fsp3) is 0.526. The molecule has 0 aliphatic carbocycles. The molecular weight excluding hydrogens is 384 g/mol. The van der Waals surface area contributed by atoms with Crippen LogP contribution in [-0.4, -0.2) is 26.8 Å². The summed E-state index contributed by atoms with van der Waals surface area (Å²) in [5, 5.41) is 1.12. The second kappa shape index (κ2) is 8.45. The molecule has 1 heterocycles. The third kappa shape index (κ3) is 4.80. The molecule has 0 unspecified atom stereocenters. The first kappa shape index (κ1) is 19.4. The Morgan fingerprint density at radius 3 is 2.54 bits per heavy atom. The van der Waals surface area contributed by atoms with Crippen molar-refractivity contribution in [3.05, 3.63) is 45.6 Å². The van der Waals surface area contributed by atoms with Gasteiger partial charge in [-0.1, -0.05) is 79.2 Å². The molecule has 0 aromatic heterocycles. The summed E-state index contributed by atoms with van der Waals surface area (Å²) < 4.78 is 12.8. The second-order valence-electron chi connectivity index (χ2n) is 7.21. The van der Waals surface area contributed by atoms with E-state index in [9.17, 15) is 4.79 Å². The van der Waals surface area contributed by atoms with Crippen LogP contribution in [0.3, 0.4) is 0 Å². The lowest BCUT2D eigenvalue weighted by Crippen LogP contribution is -2.43. The summed E-state index contributed by atoms with van der Waals surface area (Å²) in [5.74, 6) is -0.251. The molecule has 132 valence electrons. The van der Waals surface area contributed by atoms with Crippen LogP contribution in [0.4, 0.5) is 0 Å². The van der Waals surface area contributed by atoms with Crippen LogP contribution < -0.4 is 0 Å². The van der Waals surface area contributed by atoms with E-state index in [-0.39, 0.29) is 12.1 Å². The van der Waals surface area contributed by atoms with Crippen molar-refractivity contribution >= 4 is 30.0 Å². The molecule has 5 heteroatoms. The Kier molecular flexibility index (Phi) is 6.84. The topological polar surface area (TPSA) is 35.5 Å². The van der Waals surface area contributed by atoms with E-state index in [1.54, 1.807) is 0 Å². The Bertz CT molecular complexity index is 592. The summed E-state index contributed by atoms with van der Waals surface area (Å²) in [7, 11) is -1.72. The van der Waals surface area contributed by atoms with Gasteiger partial charge in [0, 0.05) is 6.42 Å². The molecule has 0 spiro atoms. The van der Waals surface area contributed by atoms with Gasteiger partial charge >= 0.3 is 5.97 Å². The maximum Gasteiger partial charge on any atom is 0.339 e. The molecular formula is C19H27BrO3Si. The molecule has 0 fully saturated rings. The van der Waals surface area contributed by atoms with Crippen molar-refractivity contribution in [1.82, 2.24) is 0 Å². The van der Waals surface area contributed by atoms with Gasteiger partial charge in [0.1, 0.15) is 0 Å². The molecule has 2 atom stereocenters. The number of carbonyl (C=O) groups is 1. The first-order valence-electron chi connectivity index (χ1n) is 8.60. The Hall–Kier alpha value is -0.913. The van der Waals surface area contributed by atoms with E-state index in [0.29, 0.717) is 6.61 Å². The summed E-state index contributed by atoms with van der Waals surface area (Å²) in [6, 6.07) is 10.1. The number of unbranched alkanes of at least 4 members (excludes halogenated alkanes) is 1. The van der Waals surface area contributed by atoms with E-state index in [1.165, 1.54) is 0 Å². The van der Waals surface area contributed by atoms with Gasteiger partial charge < -0.3 is 9.47 Å². The Balaban J connectivity index is 2.28. The number of esters is 1. The molecule has 0 radical (unpaired) electrons. The van der Waals surface area contributed by atoms with Gasteiger partial charge in [0.25, 0.3) is 0 Å². The molecule has 1 aromatic rings. The quantitative estimate of drug-likeness (QED) is 0.358. The van der Waals surface area contributed by atoms with Gasteiger partial charge in [0.2, 0.25) is 0 Å². The summed E-state index contributed by atoms with van der Waals surface area (Å²) in [6.45, 7) is 9.26. The molecule has 0 bridgehead atoms. The van der Waals surface area contributed by atoms with Crippen molar-refractivity contribution in [2.45, 2.75) is 58.0 Å². The summed E-state index contributed by atoms with van der Waals surface area (Å²) >= 11 is 3.75. The number of hydrogen-bond donors (Lipinski definition) is 0. The average molecular weight is 411 g/mol. The highest BCUT2D eigenvalue weighted by Crippen LogP contribution is 2.41. The fourth-order valence-electron chi connectivity index (χ4n) is 2.93. The zero-order valence-electron chi connectivity index (χ0n) is 15.0. The number of halogens is 1.